The number of thiophene rings is 1. The van der Waals surface area contributed by atoms with E-state index in [9.17, 15) is 9.59 Å². The summed E-state index contributed by atoms with van der Waals surface area (Å²) < 4.78 is 3.66. The zero-order chi connectivity index (χ0) is 14.5. The average molecular weight is 309 g/mol. The molecule has 1 N–H and O–H groups in total. The van der Waals surface area contributed by atoms with Gasteiger partial charge < -0.3 is 10.0 Å². The smallest absolute Gasteiger partial charge is 0.328 e. The van der Waals surface area contributed by atoms with E-state index in [4.69, 9.17) is 5.11 Å². The van der Waals surface area contributed by atoms with E-state index in [0.717, 1.165) is 28.0 Å². The van der Waals surface area contributed by atoms with E-state index < -0.39 is 5.97 Å². The van der Waals surface area contributed by atoms with Crippen LogP contribution in [-0.2, 0) is 11.3 Å². The van der Waals surface area contributed by atoms with Crippen LogP contribution in [0.2, 0.25) is 0 Å². The van der Waals surface area contributed by atoms with Gasteiger partial charge in [0.25, 0.3) is 5.91 Å². The molecule has 2 aromatic rings. The van der Waals surface area contributed by atoms with Crippen molar-refractivity contribution < 1.29 is 14.7 Å². The van der Waals surface area contributed by atoms with Gasteiger partial charge in [-0.1, -0.05) is 4.49 Å². The molecule has 0 saturated heterocycles. The minimum absolute atomic E-state index is 0.131. The van der Waals surface area contributed by atoms with Crippen LogP contribution in [0.4, 0.5) is 0 Å². The second-order valence-corrected chi connectivity index (χ2v) is 5.70. The van der Waals surface area contributed by atoms with Gasteiger partial charge in [-0.05, 0) is 34.6 Å². The zero-order valence-electron chi connectivity index (χ0n) is 10.5. The second-order valence-electron chi connectivity index (χ2n) is 3.97. The van der Waals surface area contributed by atoms with Gasteiger partial charge in [-0.2, -0.15) is 0 Å². The molecule has 2 rings (SSSR count). The third-order valence-corrected chi connectivity index (χ3v) is 4.00. The molecular formula is C12H11N3O3S2. The summed E-state index contributed by atoms with van der Waals surface area (Å²) in [5.74, 6) is -1.11. The van der Waals surface area contributed by atoms with Gasteiger partial charge >= 0.3 is 5.97 Å². The lowest BCUT2D eigenvalue weighted by Gasteiger charge is -2.14. The van der Waals surface area contributed by atoms with Crippen molar-refractivity contribution in [2.24, 2.45) is 0 Å². The van der Waals surface area contributed by atoms with Crippen LogP contribution < -0.4 is 0 Å². The molecule has 1 amide bonds. The number of hydrogen-bond acceptors (Lipinski definition) is 6. The van der Waals surface area contributed by atoms with Crippen molar-refractivity contribution in [3.05, 3.63) is 39.0 Å². The minimum atomic E-state index is -0.982. The highest BCUT2D eigenvalue weighted by Crippen LogP contribution is 2.18. The maximum absolute atomic E-state index is 12.0. The van der Waals surface area contributed by atoms with Gasteiger partial charge in [-0.3, -0.25) is 4.79 Å². The zero-order valence-corrected chi connectivity index (χ0v) is 12.1. The number of amides is 1. The number of aromatic nitrogens is 2. The molecule has 104 valence electrons. The molecule has 0 unspecified atom stereocenters. The Morgan fingerprint density at radius 2 is 2.30 bits per heavy atom. The molecule has 0 spiro atoms. The first-order chi connectivity index (χ1) is 9.56. The van der Waals surface area contributed by atoms with Crippen molar-refractivity contribution in [3.8, 4) is 0 Å². The van der Waals surface area contributed by atoms with E-state index in [0.29, 0.717) is 11.4 Å². The van der Waals surface area contributed by atoms with Crippen LogP contribution in [0, 0.1) is 0 Å². The largest absolute Gasteiger partial charge is 0.478 e. The monoisotopic (exact) mass is 309 g/mol. The molecule has 0 aliphatic carbocycles. The van der Waals surface area contributed by atoms with E-state index in [1.807, 2.05) is 11.4 Å². The second kappa shape index (κ2) is 6.40. The summed E-state index contributed by atoms with van der Waals surface area (Å²) in [7, 11) is 1.70. The Bertz CT molecular complexity index is 634. The van der Waals surface area contributed by atoms with Gasteiger partial charge in [0.15, 0.2) is 0 Å². The fourth-order valence-corrected chi connectivity index (χ4v) is 2.82. The number of carbonyl (C=O) groups is 2. The lowest BCUT2D eigenvalue weighted by Crippen LogP contribution is -2.25. The molecule has 0 saturated carbocycles. The van der Waals surface area contributed by atoms with E-state index in [1.54, 1.807) is 11.9 Å². The molecule has 8 heteroatoms. The predicted octanol–water partition coefficient (Wildman–Crippen LogP) is 1.97. The van der Waals surface area contributed by atoms with Crippen molar-refractivity contribution in [2.75, 3.05) is 7.05 Å². The number of carboxylic acid groups (broad SMARTS) is 1. The normalized spacial score (nSPS) is 10.8. The van der Waals surface area contributed by atoms with Crippen molar-refractivity contribution in [3.63, 3.8) is 0 Å². The Kier molecular flexibility index (Phi) is 4.59. The molecule has 0 radical (unpaired) electrons. The number of carbonyl (C=O) groups excluding carboxylic acids is 1. The molecule has 6 nitrogen and oxygen atoms in total. The van der Waals surface area contributed by atoms with Gasteiger partial charge in [-0.15, -0.1) is 16.4 Å². The maximum Gasteiger partial charge on any atom is 0.328 e. The third kappa shape index (κ3) is 3.72. The first-order valence-electron chi connectivity index (χ1n) is 5.57. The molecule has 20 heavy (non-hydrogen) atoms. The number of hydrogen-bond donors (Lipinski definition) is 1. The van der Waals surface area contributed by atoms with E-state index >= 15 is 0 Å². The predicted molar refractivity (Wildman–Crippen MR) is 76.7 cm³/mol. The summed E-state index contributed by atoms with van der Waals surface area (Å²) >= 11 is 2.49. The summed E-state index contributed by atoms with van der Waals surface area (Å²) in [6.07, 6.45) is 4.07. The Balaban J connectivity index is 2.00. The SMILES string of the molecule is CN(Cc1csc(C=CC(=O)O)c1)C(=O)c1cnns1. The van der Waals surface area contributed by atoms with Gasteiger partial charge in [0.05, 0.1) is 6.20 Å². The molecule has 0 aromatic carbocycles. The molecular weight excluding hydrogens is 298 g/mol. The first kappa shape index (κ1) is 14.4. The highest BCUT2D eigenvalue weighted by molar-refractivity contribution is 7.11. The van der Waals surface area contributed by atoms with Crippen LogP contribution in [0.3, 0.4) is 0 Å². The fraction of sp³-hybridized carbons (Fsp3) is 0.167. The van der Waals surface area contributed by atoms with Crippen LogP contribution in [-0.4, -0.2) is 38.5 Å². The number of aliphatic carboxylic acids is 1. The Labute approximate surface area is 123 Å². The van der Waals surface area contributed by atoms with Gasteiger partial charge in [0, 0.05) is 24.5 Å². The van der Waals surface area contributed by atoms with E-state index in [-0.39, 0.29) is 5.91 Å². The lowest BCUT2D eigenvalue weighted by atomic mass is 10.2. The van der Waals surface area contributed by atoms with Crippen LogP contribution in [0.1, 0.15) is 20.1 Å². The van der Waals surface area contributed by atoms with Gasteiger partial charge in [-0.25, -0.2) is 4.79 Å². The maximum atomic E-state index is 12.0. The molecule has 2 heterocycles. The summed E-state index contributed by atoms with van der Waals surface area (Å²) in [5.41, 5.74) is 0.952. The van der Waals surface area contributed by atoms with Gasteiger partial charge in [0.1, 0.15) is 4.88 Å². The lowest BCUT2D eigenvalue weighted by molar-refractivity contribution is -0.131. The topological polar surface area (TPSA) is 83.4 Å². The van der Waals surface area contributed by atoms with Crippen LogP contribution in [0.25, 0.3) is 6.08 Å². The molecule has 0 atom stereocenters. The molecule has 0 fully saturated rings. The van der Waals surface area contributed by atoms with Crippen LogP contribution in [0.15, 0.2) is 23.7 Å². The summed E-state index contributed by atoms with van der Waals surface area (Å²) in [5, 5.41) is 14.1. The Hall–Kier alpha value is -2.06. The number of carboxylic acids is 1. The van der Waals surface area contributed by atoms with E-state index in [2.05, 4.69) is 9.59 Å². The molecule has 0 aliphatic heterocycles. The summed E-state index contributed by atoms with van der Waals surface area (Å²) in [4.78, 5) is 25.3. The average Bonchev–Trinajstić information content (AvgIpc) is 3.06. The van der Waals surface area contributed by atoms with Crippen molar-refractivity contribution >= 4 is 40.8 Å². The highest BCUT2D eigenvalue weighted by atomic mass is 32.1. The molecule has 2 aromatic heterocycles. The van der Waals surface area contributed by atoms with Crippen molar-refractivity contribution in [2.45, 2.75) is 6.54 Å². The quantitative estimate of drug-likeness (QED) is 0.854. The van der Waals surface area contributed by atoms with Gasteiger partial charge in [0.2, 0.25) is 0 Å². The highest BCUT2D eigenvalue weighted by Gasteiger charge is 2.14. The molecule has 0 aliphatic rings. The third-order valence-electron chi connectivity index (χ3n) is 2.40. The standard InChI is InChI=1S/C12H11N3O3S2/c1-15(12(18)10-5-13-14-20-10)6-8-4-9(19-7-8)2-3-11(16)17/h2-5,7H,6H2,1H3,(H,16,17). The van der Waals surface area contributed by atoms with Crippen molar-refractivity contribution in [1.82, 2.24) is 14.5 Å². The van der Waals surface area contributed by atoms with Crippen LogP contribution >= 0.6 is 22.9 Å². The number of nitrogens with zero attached hydrogens (tertiary/aromatic N) is 3. The Morgan fingerprint density at radius 3 is 2.95 bits per heavy atom. The number of rotatable bonds is 5. The summed E-state index contributed by atoms with van der Waals surface area (Å²) in [6.45, 7) is 0.453. The summed E-state index contributed by atoms with van der Waals surface area (Å²) in [6, 6.07) is 1.86. The molecule has 0 bridgehead atoms. The fourth-order valence-electron chi connectivity index (χ4n) is 1.51. The van der Waals surface area contributed by atoms with Crippen molar-refractivity contribution in [1.29, 1.82) is 0 Å². The Morgan fingerprint density at radius 1 is 1.50 bits per heavy atom. The van der Waals surface area contributed by atoms with Crippen LogP contribution in [0.5, 0.6) is 0 Å². The minimum Gasteiger partial charge on any atom is -0.478 e. The van der Waals surface area contributed by atoms with E-state index in [1.165, 1.54) is 23.6 Å². The first-order valence-corrected chi connectivity index (χ1v) is 7.23.